The largest absolute Gasteiger partial charge is 3.00 e. The van der Waals surface area contributed by atoms with E-state index in [2.05, 4.69) is 195 Å². The molecule has 0 spiro atoms. The summed E-state index contributed by atoms with van der Waals surface area (Å²) in [6.07, 6.45) is 3.72. The number of furan rings is 1. The molecule has 0 unspecified atom stereocenters. The van der Waals surface area contributed by atoms with E-state index in [9.17, 15) is 0 Å². The first kappa shape index (κ1) is 46.3. The molecule has 0 atom stereocenters. The molecule has 0 N–H and O–H groups in total. The van der Waals surface area contributed by atoms with Crippen molar-refractivity contribution in [3.63, 3.8) is 0 Å². The van der Waals surface area contributed by atoms with Crippen LogP contribution in [0.5, 0.6) is 0 Å². The van der Waals surface area contributed by atoms with Crippen molar-refractivity contribution in [1.29, 1.82) is 0 Å². The summed E-state index contributed by atoms with van der Waals surface area (Å²) < 4.78 is 11.1. The van der Waals surface area contributed by atoms with Crippen molar-refractivity contribution in [3.8, 4) is 67.5 Å². The molecule has 0 amide bonds. The maximum Gasteiger partial charge on any atom is 3.00 e. The van der Waals surface area contributed by atoms with Crippen LogP contribution in [0.15, 0.2) is 259 Å². The average Bonchev–Trinajstić information content (AvgIpc) is 4.27. The standard InChI is InChI=1S/C40H25N3.C29H17N2O.Ir/c1-3-11-28(12-4-1)37-27-31(22-24-42-37)34-17-10-19-39-40(34)35-26-30(20-21-38(35)43(39)33-15-5-2-6-16-33)29-13-9-14-32(25-29)36-18-7-8-23-41-36;1-2-10-20(11-3-1)31-26-16-7-6-15-25(26)30-29(31)24-14-8-13-22-23-18-17-19-9-4-5-12-21(19)27(23)32-28(22)24;/h1-11,13,15-27H;1-13,15-18H;/q-2;-1;+3. The SMILES string of the molecule is [Ir+3].[c-]1ccc2c(oc3c4ccccc4ccc23)c1-c1nc2ccccc2n1-c1ccccc1.[c-]1ccccc1-c1cc(-c2cccc3c2c2cc(-c4cc[c-]c(-c5ccccn5)c4)ccc2n3-c2ccccc2)ccn1. The van der Waals surface area contributed by atoms with Crippen LogP contribution in [0, 0.1) is 18.2 Å². The van der Waals surface area contributed by atoms with E-state index in [4.69, 9.17) is 9.40 Å². The molecule has 0 aliphatic rings. The summed E-state index contributed by atoms with van der Waals surface area (Å²) in [4.78, 5) is 14.2. The summed E-state index contributed by atoms with van der Waals surface area (Å²) in [5.74, 6) is 0.825. The zero-order valence-electron chi connectivity index (χ0n) is 40.7. The van der Waals surface area contributed by atoms with Gasteiger partial charge < -0.3 is 23.5 Å². The van der Waals surface area contributed by atoms with Gasteiger partial charge in [0.25, 0.3) is 0 Å². The van der Waals surface area contributed by atoms with Gasteiger partial charge in [-0.25, -0.2) is 0 Å². The molecule has 76 heavy (non-hydrogen) atoms. The molecule has 0 aliphatic carbocycles. The second-order valence-electron chi connectivity index (χ2n) is 18.5. The van der Waals surface area contributed by atoms with Gasteiger partial charge in [-0.1, -0.05) is 132 Å². The normalized spacial score (nSPS) is 11.3. The molecule has 0 radical (unpaired) electrons. The molecule has 0 fully saturated rings. The van der Waals surface area contributed by atoms with E-state index in [1.165, 1.54) is 21.7 Å². The number of fused-ring (bicyclic) bond motifs is 9. The van der Waals surface area contributed by atoms with E-state index in [-0.39, 0.29) is 20.1 Å². The minimum Gasteiger partial charge on any atom is -0.500 e. The predicted molar refractivity (Wildman–Crippen MR) is 306 cm³/mol. The number of rotatable bonds is 7. The fourth-order valence-corrected chi connectivity index (χ4v) is 10.6. The summed E-state index contributed by atoms with van der Waals surface area (Å²) in [5, 5.41) is 6.88. The zero-order chi connectivity index (χ0) is 49.7. The maximum atomic E-state index is 6.55. The monoisotopic (exact) mass is 1150 g/mol. The number of imidazole rings is 1. The molecule has 15 rings (SSSR count). The molecule has 15 aromatic rings. The summed E-state index contributed by atoms with van der Waals surface area (Å²) in [6, 6.07) is 93.8. The third kappa shape index (κ3) is 8.16. The fourth-order valence-electron chi connectivity index (χ4n) is 10.6. The van der Waals surface area contributed by atoms with E-state index >= 15 is 0 Å². The van der Waals surface area contributed by atoms with Crippen LogP contribution in [0.2, 0.25) is 0 Å². The number of hydrogen-bond acceptors (Lipinski definition) is 4. The Labute approximate surface area is 452 Å². The van der Waals surface area contributed by atoms with Gasteiger partial charge in [0.15, 0.2) is 0 Å². The number of nitrogens with zero attached hydrogens (tertiary/aromatic N) is 5. The Kier molecular flexibility index (Phi) is 12.0. The first-order valence-corrected chi connectivity index (χ1v) is 25.0. The van der Waals surface area contributed by atoms with Crippen molar-refractivity contribution < 1.29 is 24.5 Å². The number of pyridine rings is 2. The first-order chi connectivity index (χ1) is 37.2. The Bertz CT molecular complexity index is 4590. The molecule has 10 aromatic carbocycles. The minimum atomic E-state index is 0. The topological polar surface area (TPSA) is 61.7 Å². The Hall–Kier alpha value is -9.52. The Morgan fingerprint density at radius 1 is 0.395 bits per heavy atom. The summed E-state index contributed by atoms with van der Waals surface area (Å²) in [6.45, 7) is 0. The van der Waals surface area contributed by atoms with Crippen LogP contribution in [-0.4, -0.2) is 24.1 Å². The molecule has 0 saturated heterocycles. The smallest absolute Gasteiger partial charge is 0.500 e. The van der Waals surface area contributed by atoms with Crippen molar-refractivity contribution in [1.82, 2.24) is 24.1 Å². The summed E-state index contributed by atoms with van der Waals surface area (Å²) >= 11 is 0. The van der Waals surface area contributed by atoms with Crippen LogP contribution in [-0.2, 0) is 20.1 Å². The van der Waals surface area contributed by atoms with Crippen LogP contribution in [0.25, 0.3) is 133 Å². The van der Waals surface area contributed by atoms with E-state index in [1.807, 2.05) is 97.3 Å². The van der Waals surface area contributed by atoms with Gasteiger partial charge in [0, 0.05) is 45.3 Å². The van der Waals surface area contributed by atoms with Crippen molar-refractivity contribution >= 4 is 65.6 Å². The third-order valence-corrected chi connectivity index (χ3v) is 14.1. The van der Waals surface area contributed by atoms with Crippen LogP contribution in [0.3, 0.4) is 0 Å². The molecule has 0 aliphatic heterocycles. The van der Waals surface area contributed by atoms with Gasteiger partial charge in [0.05, 0.1) is 33.5 Å². The minimum absolute atomic E-state index is 0. The van der Waals surface area contributed by atoms with E-state index in [0.717, 1.165) is 111 Å². The van der Waals surface area contributed by atoms with Crippen molar-refractivity contribution in [2.75, 3.05) is 0 Å². The second kappa shape index (κ2) is 19.7. The van der Waals surface area contributed by atoms with E-state index in [1.54, 1.807) is 0 Å². The Morgan fingerprint density at radius 3 is 1.96 bits per heavy atom. The van der Waals surface area contributed by atoms with Crippen LogP contribution >= 0.6 is 0 Å². The molecule has 5 aromatic heterocycles. The summed E-state index contributed by atoms with van der Waals surface area (Å²) in [5.41, 5.74) is 17.4. The van der Waals surface area contributed by atoms with Crippen molar-refractivity contribution in [3.05, 3.63) is 273 Å². The number of hydrogen-bond donors (Lipinski definition) is 0. The third-order valence-electron chi connectivity index (χ3n) is 14.1. The van der Waals surface area contributed by atoms with Gasteiger partial charge in [-0.15, -0.1) is 89.5 Å². The maximum absolute atomic E-state index is 6.55. The van der Waals surface area contributed by atoms with E-state index in [0.29, 0.717) is 0 Å². The molecule has 7 heteroatoms. The van der Waals surface area contributed by atoms with Crippen LogP contribution in [0.4, 0.5) is 0 Å². The molecular weight excluding hydrogens is 1110 g/mol. The van der Waals surface area contributed by atoms with Crippen LogP contribution in [0.1, 0.15) is 0 Å². The predicted octanol–water partition coefficient (Wildman–Crippen LogP) is 17.4. The van der Waals surface area contributed by atoms with Crippen molar-refractivity contribution in [2.24, 2.45) is 0 Å². The summed E-state index contributed by atoms with van der Waals surface area (Å²) in [7, 11) is 0. The van der Waals surface area contributed by atoms with Crippen molar-refractivity contribution in [2.45, 2.75) is 0 Å². The van der Waals surface area contributed by atoms with Crippen LogP contribution < -0.4 is 0 Å². The molecule has 6 nitrogen and oxygen atoms in total. The first-order valence-electron chi connectivity index (χ1n) is 25.0. The molecule has 0 saturated carbocycles. The fraction of sp³-hybridized carbons (Fsp3) is 0. The van der Waals surface area contributed by atoms with Gasteiger partial charge in [-0.2, -0.15) is 0 Å². The molecule has 0 bridgehead atoms. The zero-order valence-corrected chi connectivity index (χ0v) is 43.1. The number of benzene rings is 10. The Balaban J connectivity index is 0.000000150. The van der Waals surface area contributed by atoms with E-state index < -0.39 is 0 Å². The van der Waals surface area contributed by atoms with Gasteiger partial charge >= 0.3 is 20.1 Å². The quantitative estimate of drug-likeness (QED) is 0.149. The molecule has 358 valence electrons. The van der Waals surface area contributed by atoms with Gasteiger partial charge in [0.2, 0.25) is 0 Å². The van der Waals surface area contributed by atoms with Gasteiger partial charge in [-0.3, -0.25) is 4.98 Å². The van der Waals surface area contributed by atoms with Gasteiger partial charge in [0.1, 0.15) is 5.58 Å². The number of aromatic nitrogens is 5. The average molecular weight is 1150 g/mol. The van der Waals surface area contributed by atoms with Gasteiger partial charge in [-0.05, 0) is 100 Å². The Morgan fingerprint density at radius 2 is 1.12 bits per heavy atom. The second-order valence-corrected chi connectivity index (χ2v) is 18.5. The molecular formula is C69H42IrN5O. The molecule has 5 heterocycles. The number of para-hydroxylation sites is 4.